The lowest BCUT2D eigenvalue weighted by Crippen LogP contribution is -2.09. The Bertz CT molecular complexity index is 957. The summed E-state index contributed by atoms with van der Waals surface area (Å²) < 4.78 is 54.6. The van der Waals surface area contributed by atoms with Gasteiger partial charge in [0.15, 0.2) is 16.8 Å². The van der Waals surface area contributed by atoms with E-state index in [0.29, 0.717) is 21.2 Å². The molecule has 2 aromatic heterocycles. The molecule has 3 rings (SSSR count). The first-order valence-electron chi connectivity index (χ1n) is 7.27. The minimum Gasteiger partial charge on any atom is -0.301 e. The van der Waals surface area contributed by atoms with Crippen molar-refractivity contribution in [3.05, 3.63) is 65.1 Å². The molecule has 10 heteroatoms. The molecule has 1 N–H and O–H groups in total. The number of aryl methyl sites for hydroxylation is 1. The number of hydrogen-bond acceptors (Lipinski definition) is 3. The summed E-state index contributed by atoms with van der Waals surface area (Å²) >= 11 is 5.80. The Hall–Kier alpha value is -2.39. The Morgan fingerprint density at radius 1 is 1.19 bits per heavy atom. The summed E-state index contributed by atoms with van der Waals surface area (Å²) in [6.07, 6.45) is -0.915. The maximum absolute atomic E-state index is 12.7. The number of alkyl halides is 3. The van der Waals surface area contributed by atoms with Gasteiger partial charge in [-0.2, -0.15) is 18.3 Å². The molecule has 1 aromatic carbocycles. The van der Waals surface area contributed by atoms with Crippen molar-refractivity contribution in [1.29, 1.82) is 0 Å². The van der Waals surface area contributed by atoms with Crippen molar-refractivity contribution in [1.82, 2.24) is 14.8 Å². The van der Waals surface area contributed by atoms with E-state index in [1.54, 1.807) is 24.3 Å². The second-order valence-electron chi connectivity index (χ2n) is 5.36. The molecular formula is C16H12ClF3N4OS. The molecule has 2 heterocycles. The number of nitrogens with zero attached hydrogens (tertiary/aromatic N) is 3. The maximum Gasteiger partial charge on any atom is 0.417 e. The number of halogens is 4. The first-order valence-corrected chi connectivity index (χ1v) is 8.80. The second kappa shape index (κ2) is 7.08. The van der Waals surface area contributed by atoms with Gasteiger partial charge in [0.1, 0.15) is 0 Å². The van der Waals surface area contributed by atoms with Crippen molar-refractivity contribution in [2.24, 2.45) is 0 Å². The molecule has 136 valence electrons. The molecule has 26 heavy (non-hydrogen) atoms. The largest absolute Gasteiger partial charge is 0.417 e. The van der Waals surface area contributed by atoms with E-state index in [1.807, 2.05) is 0 Å². The molecule has 3 aromatic rings. The van der Waals surface area contributed by atoms with Crippen molar-refractivity contribution >= 4 is 28.3 Å². The van der Waals surface area contributed by atoms with E-state index in [4.69, 9.17) is 11.6 Å². The molecule has 1 atom stereocenters. The van der Waals surface area contributed by atoms with E-state index in [2.05, 4.69) is 14.8 Å². The topological polar surface area (TPSA) is 59.8 Å². The van der Waals surface area contributed by atoms with E-state index in [9.17, 15) is 17.4 Å². The van der Waals surface area contributed by atoms with Gasteiger partial charge in [-0.15, -0.1) is 0 Å². The summed E-state index contributed by atoms with van der Waals surface area (Å²) in [6.45, 7) is 1.50. The van der Waals surface area contributed by atoms with Crippen LogP contribution in [0.2, 0.25) is 5.02 Å². The monoisotopic (exact) mass is 400 g/mol. The lowest BCUT2D eigenvalue weighted by Gasteiger charge is -2.10. The van der Waals surface area contributed by atoms with Crippen LogP contribution in [0, 0.1) is 6.92 Å². The average Bonchev–Trinajstić information content (AvgIpc) is 3.06. The summed E-state index contributed by atoms with van der Waals surface area (Å²) in [6, 6.07) is 7.64. The van der Waals surface area contributed by atoms with Crippen LogP contribution in [-0.2, 0) is 17.2 Å². The third kappa shape index (κ3) is 4.05. The van der Waals surface area contributed by atoms with Crippen molar-refractivity contribution in [2.45, 2.75) is 18.0 Å². The van der Waals surface area contributed by atoms with Crippen molar-refractivity contribution in [3.63, 3.8) is 0 Å². The fourth-order valence-electron chi connectivity index (χ4n) is 2.16. The molecule has 0 saturated heterocycles. The van der Waals surface area contributed by atoms with Crippen LogP contribution in [-0.4, -0.2) is 19.0 Å². The van der Waals surface area contributed by atoms with Crippen LogP contribution in [0.1, 0.15) is 11.1 Å². The molecule has 0 bridgehead atoms. The van der Waals surface area contributed by atoms with Crippen molar-refractivity contribution in [3.8, 4) is 5.82 Å². The summed E-state index contributed by atoms with van der Waals surface area (Å²) in [5, 5.41) is 4.59. The molecule has 0 spiro atoms. The number of benzene rings is 1. The van der Waals surface area contributed by atoms with Gasteiger partial charge in [-0.3, -0.25) is 0 Å². The van der Waals surface area contributed by atoms with E-state index >= 15 is 0 Å². The van der Waals surface area contributed by atoms with Gasteiger partial charge in [0.05, 0.1) is 22.9 Å². The molecule has 0 fully saturated rings. The summed E-state index contributed by atoms with van der Waals surface area (Å²) in [7, 11) is -1.60. The summed E-state index contributed by atoms with van der Waals surface area (Å²) in [5.41, 5.74) is 0.0642. The molecule has 0 saturated carbocycles. The molecule has 0 aliphatic carbocycles. The van der Waals surface area contributed by atoms with Gasteiger partial charge >= 0.3 is 6.18 Å². The number of hydrogen-bond donors (Lipinski definition) is 1. The zero-order chi connectivity index (χ0) is 18.9. The highest BCUT2D eigenvalue weighted by atomic mass is 35.5. The second-order valence-corrected chi connectivity index (χ2v) is 7.01. The lowest BCUT2D eigenvalue weighted by molar-refractivity contribution is -0.137. The predicted molar refractivity (Wildman–Crippen MR) is 92.6 cm³/mol. The first kappa shape index (κ1) is 18.4. The van der Waals surface area contributed by atoms with Gasteiger partial charge in [0.2, 0.25) is 0 Å². The maximum atomic E-state index is 12.7. The number of anilines is 1. The Balaban J connectivity index is 1.81. The van der Waals surface area contributed by atoms with E-state index in [0.717, 1.165) is 12.3 Å². The van der Waals surface area contributed by atoms with Gasteiger partial charge in [0, 0.05) is 16.9 Å². The Morgan fingerprint density at radius 2 is 1.88 bits per heavy atom. The number of nitrogens with one attached hydrogen (secondary N) is 1. The van der Waals surface area contributed by atoms with Crippen LogP contribution in [0.15, 0.2) is 53.8 Å². The number of rotatable bonds is 4. The molecule has 1 unspecified atom stereocenters. The van der Waals surface area contributed by atoms with Gasteiger partial charge in [-0.05, 0) is 42.8 Å². The highest BCUT2D eigenvalue weighted by Crippen LogP contribution is 2.30. The van der Waals surface area contributed by atoms with Crippen molar-refractivity contribution < 1.29 is 17.4 Å². The highest BCUT2D eigenvalue weighted by molar-refractivity contribution is 7.86. The predicted octanol–water partition coefficient (Wildman–Crippen LogP) is 4.38. The van der Waals surface area contributed by atoms with E-state index < -0.39 is 22.7 Å². The fraction of sp³-hybridized carbons (Fsp3) is 0.125. The molecule has 5 nitrogen and oxygen atoms in total. The molecule has 0 radical (unpaired) electrons. The standard InChI is InChI=1S/C16H12ClF3N4OS/c1-10-6-11(16(18,19)20)7-21-15(10)24-9-14(8-22-24)26(25)23-13-4-2-12(17)3-5-13/h2-9,23H,1H3. The quantitative estimate of drug-likeness (QED) is 0.707. The zero-order valence-electron chi connectivity index (χ0n) is 13.3. The Morgan fingerprint density at radius 3 is 2.50 bits per heavy atom. The van der Waals surface area contributed by atoms with Gasteiger partial charge in [-0.25, -0.2) is 13.9 Å². The van der Waals surface area contributed by atoms with E-state index in [-0.39, 0.29) is 5.82 Å². The molecular weight excluding hydrogens is 389 g/mol. The van der Waals surface area contributed by atoms with Crippen LogP contribution < -0.4 is 4.72 Å². The van der Waals surface area contributed by atoms with Gasteiger partial charge < -0.3 is 4.72 Å². The van der Waals surface area contributed by atoms with Crippen molar-refractivity contribution in [2.75, 3.05) is 4.72 Å². The third-order valence-electron chi connectivity index (χ3n) is 3.42. The number of pyridine rings is 1. The normalized spacial score (nSPS) is 12.8. The smallest absolute Gasteiger partial charge is 0.301 e. The van der Waals surface area contributed by atoms with Crippen LogP contribution in [0.5, 0.6) is 0 Å². The Kier molecular flexibility index (Phi) is 5.01. The average molecular weight is 401 g/mol. The first-order chi connectivity index (χ1) is 12.2. The zero-order valence-corrected chi connectivity index (χ0v) is 14.9. The van der Waals surface area contributed by atoms with Crippen LogP contribution in [0.25, 0.3) is 5.82 Å². The lowest BCUT2D eigenvalue weighted by atomic mass is 10.2. The van der Waals surface area contributed by atoms with Crippen LogP contribution in [0.3, 0.4) is 0 Å². The molecule has 0 aliphatic rings. The SMILES string of the molecule is Cc1cc(C(F)(F)F)cnc1-n1cc(S(=O)Nc2ccc(Cl)cc2)cn1. The number of aromatic nitrogens is 3. The van der Waals surface area contributed by atoms with E-state index in [1.165, 1.54) is 24.0 Å². The van der Waals surface area contributed by atoms with Crippen LogP contribution in [0.4, 0.5) is 18.9 Å². The fourth-order valence-corrected chi connectivity index (χ4v) is 3.10. The molecule has 0 amide bonds. The third-order valence-corrected chi connectivity index (χ3v) is 4.73. The van der Waals surface area contributed by atoms with Gasteiger partial charge in [0.25, 0.3) is 0 Å². The Labute approximate surface area is 154 Å². The van der Waals surface area contributed by atoms with Gasteiger partial charge in [-0.1, -0.05) is 11.6 Å². The minimum atomic E-state index is -4.46. The van der Waals surface area contributed by atoms with Crippen LogP contribution >= 0.6 is 11.6 Å². The summed E-state index contributed by atoms with van der Waals surface area (Å²) in [5.74, 6) is 0.229. The molecule has 0 aliphatic heterocycles. The summed E-state index contributed by atoms with van der Waals surface area (Å²) in [4.78, 5) is 4.18. The minimum absolute atomic E-state index is 0.229. The highest BCUT2D eigenvalue weighted by Gasteiger charge is 2.31.